The predicted molar refractivity (Wildman–Crippen MR) is 91.9 cm³/mol. The first kappa shape index (κ1) is 17.4. The summed E-state index contributed by atoms with van der Waals surface area (Å²) in [6.07, 6.45) is 5.14. The van der Waals surface area contributed by atoms with Crippen LogP contribution in [0.2, 0.25) is 0 Å². The first-order valence-corrected chi connectivity index (χ1v) is 10.1. The molecule has 2 bridgehead atoms. The molecule has 2 unspecified atom stereocenters. The summed E-state index contributed by atoms with van der Waals surface area (Å²) >= 11 is 0. The van der Waals surface area contributed by atoms with E-state index in [1.807, 2.05) is 0 Å². The molecule has 2 atom stereocenters. The van der Waals surface area contributed by atoms with Crippen molar-refractivity contribution in [2.24, 2.45) is 5.92 Å². The van der Waals surface area contributed by atoms with Crippen molar-refractivity contribution in [3.05, 3.63) is 30.3 Å². The highest BCUT2D eigenvalue weighted by Crippen LogP contribution is 2.32. The van der Waals surface area contributed by atoms with Crippen LogP contribution in [0.5, 0.6) is 0 Å². The van der Waals surface area contributed by atoms with E-state index in [9.17, 15) is 13.2 Å². The highest BCUT2D eigenvalue weighted by atomic mass is 32.2. The zero-order valence-electron chi connectivity index (χ0n) is 13.7. The maximum atomic E-state index is 12.0. The van der Waals surface area contributed by atoms with Crippen LogP contribution in [0.1, 0.15) is 32.1 Å². The maximum Gasteiger partial charge on any atom is 0.240 e. The summed E-state index contributed by atoms with van der Waals surface area (Å²) in [7, 11) is -3.50. The Morgan fingerprint density at radius 1 is 1.08 bits per heavy atom. The monoisotopic (exact) mass is 351 g/mol. The lowest BCUT2D eigenvalue weighted by Gasteiger charge is -2.28. The van der Waals surface area contributed by atoms with Crippen molar-refractivity contribution in [1.82, 2.24) is 15.4 Å². The summed E-state index contributed by atoms with van der Waals surface area (Å²) in [5.74, 6) is 0.463. The number of sulfonamides is 1. The highest BCUT2D eigenvalue weighted by Gasteiger charge is 2.34. The van der Waals surface area contributed by atoms with Gasteiger partial charge in [0, 0.05) is 31.6 Å². The third kappa shape index (κ3) is 4.55. The van der Waals surface area contributed by atoms with Crippen LogP contribution >= 0.6 is 0 Å². The molecule has 1 aromatic rings. The lowest BCUT2D eigenvalue weighted by atomic mass is 9.89. The van der Waals surface area contributed by atoms with E-state index in [1.165, 1.54) is 12.8 Å². The first-order chi connectivity index (χ1) is 11.5. The quantitative estimate of drug-likeness (QED) is 0.640. The molecule has 24 heavy (non-hydrogen) atoms. The molecule has 3 rings (SSSR count). The molecule has 2 fully saturated rings. The average molecular weight is 351 g/mol. The number of carbonyl (C=O) groups excluding carboxylic acids is 1. The molecule has 0 spiro atoms. The number of piperidine rings is 1. The van der Waals surface area contributed by atoms with Crippen LogP contribution in [0.3, 0.4) is 0 Å². The molecule has 2 aliphatic heterocycles. The minimum absolute atomic E-state index is 0.0141. The lowest BCUT2D eigenvalue weighted by Crippen LogP contribution is -2.40. The molecule has 2 heterocycles. The minimum Gasteiger partial charge on any atom is -0.355 e. The van der Waals surface area contributed by atoms with E-state index in [0.29, 0.717) is 31.0 Å². The Bertz CT molecular complexity index is 651. The third-order valence-electron chi connectivity index (χ3n) is 4.84. The second-order valence-electron chi connectivity index (χ2n) is 6.74. The number of fused-ring (bicyclic) bond motifs is 2. The average Bonchev–Trinajstić information content (AvgIpc) is 2.91. The maximum absolute atomic E-state index is 12.0. The second kappa shape index (κ2) is 7.63. The second-order valence-corrected chi connectivity index (χ2v) is 8.51. The van der Waals surface area contributed by atoms with Crippen LogP contribution in [-0.4, -0.2) is 39.5 Å². The summed E-state index contributed by atoms with van der Waals surface area (Å²) in [4.78, 5) is 12.3. The molecule has 7 heteroatoms. The van der Waals surface area contributed by atoms with Crippen molar-refractivity contribution in [3.8, 4) is 0 Å². The zero-order chi connectivity index (χ0) is 17.0. The van der Waals surface area contributed by atoms with Gasteiger partial charge in [0.05, 0.1) is 4.90 Å². The predicted octanol–water partition coefficient (Wildman–Crippen LogP) is 1.00. The number of amides is 1. The van der Waals surface area contributed by atoms with Crippen LogP contribution in [0.4, 0.5) is 0 Å². The van der Waals surface area contributed by atoms with Crippen LogP contribution in [-0.2, 0) is 14.8 Å². The Labute approximate surface area is 143 Å². The van der Waals surface area contributed by atoms with E-state index >= 15 is 0 Å². The number of hydrogen-bond acceptors (Lipinski definition) is 4. The van der Waals surface area contributed by atoms with Gasteiger partial charge in [-0.1, -0.05) is 18.2 Å². The van der Waals surface area contributed by atoms with Gasteiger partial charge in [-0.05, 0) is 43.7 Å². The Morgan fingerprint density at radius 2 is 1.75 bits per heavy atom. The summed E-state index contributed by atoms with van der Waals surface area (Å²) < 4.78 is 26.6. The Balaban J connectivity index is 1.36. The molecule has 0 radical (unpaired) electrons. The summed E-state index contributed by atoms with van der Waals surface area (Å²) in [5, 5.41) is 6.39. The van der Waals surface area contributed by atoms with Crippen molar-refractivity contribution < 1.29 is 13.2 Å². The molecule has 2 saturated heterocycles. The standard InChI is InChI=1S/C17H25N3O3S/c21-17(12-13-10-14-6-7-15(11-13)20-14)18-8-9-19-24(22,23)16-4-2-1-3-5-16/h1-5,13-15,19-20H,6-12H2,(H,18,21). The molecular weight excluding hydrogens is 326 g/mol. The van der Waals surface area contributed by atoms with Crippen LogP contribution in [0, 0.1) is 5.92 Å². The van der Waals surface area contributed by atoms with E-state index in [4.69, 9.17) is 0 Å². The van der Waals surface area contributed by atoms with Gasteiger partial charge < -0.3 is 10.6 Å². The topological polar surface area (TPSA) is 87.3 Å². The van der Waals surface area contributed by atoms with E-state index in [-0.39, 0.29) is 17.3 Å². The van der Waals surface area contributed by atoms with Gasteiger partial charge in [-0.25, -0.2) is 13.1 Å². The van der Waals surface area contributed by atoms with Crippen molar-refractivity contribution in [3.63, 3.8) is 0 Å². The number of rotatable bonds is 7. The zero-order valence-corrected chi connectivity index (χ0v) is 14.5. The van der Waals surface area contributed by atoms with E-state index in [2.05, 4.69) is 15.4 Å². The van der Waals surface area contributed by atoms with Gasteiger partial charge in [0.25, 0.3) is 0 Å². The molecule has 3 N–H and O–H groups in total. The molecule has 132 valence electrons. The van der Waals surface area contributed by atoms with Crippen LogP contribution < -0.4 is 15.4 Å². The fourth-order valence-electron chi connectivity index (χ4n) is 3.75. The van der Waals surface area contributed by atoms with Gasteiger partial charge in [0.2, 0.25) is 15.9 Å². The summed E-state index contributed by atoms with van der Waals surface area (Å²) in [6.45, 7) is 0.503. The number of benzene rings is 1. The van der Waals surface area contributed by atoms with Crippen molar-refractivity contribution in [2.75, 3.05) is 13.1 Å². The third-order valence-corrected chi connectivity index (χ3v) is 6.31. The van der Waals surface area contributed by atoms with Crippen molar-refractivity contribution in [1.29, 1.82) is 0 Å². The van der Waals surface area contributed by atoms with E-state index < -0.39 is 10.0 Å². The van der Waals surface area contributed by atoms with Gasteiger partial charge in [0.1, 0.15) is 0 Å². The van der Waals surface area contributed by atoms with Gasteiger partial charge in [-0.3, -0.25) is 4.79 Å². The van der Waals surface area contributed by atoms with Gasteiger partial charge in [-0.2, -0.15) is 0 Å². The van der Waals surface area contributed by atoms with Gasteiger partial charge in [0.15, 0.2) is 0 Å². The van der Waals surface area contributed by atoms with E-state index in [0.717, 1.165) is 12.8 Å². The van der Waals surface area contributed by atoms with Crippen LogP contribution in [0.15, 0.2) is 35.2 Å². The smallest absolute Gasteiger partial charge is 0.240 e. The summed E-state index contributed by atoms with van der Waals surface area (Å²) in [5.41, 5.74) is 0. The van der Waals surface area contributed by atoms with Gasteiger partial charge in [-0.15, -0.1) is 0 Å². The first-order valence-electron chi connectivity index (χ1n) is 8.60. The molecule has 0 aromatic heterocycles. The summed E-state index contributed by atoms with van der Waals surface area (Å²) in [6, 6.07) is 9.40. The molecule has 6 nitrogen and oxygen atoms in total. The number of hydrogen-bond donors (Lipinski definition) is 3. The lowest BCUT2D eigenvalue weighted by molar-refractivity contribution is -0.122. The Hall–Kier alpha value is -1.44. The SMILES string of the molecule is O=C(CC1CC2CCC(C1)N2)NCCNS(=O)(=O)c1ccccc1. The fraction of sp³-hybridized carbons (Fsp3) is 0.588. The highest BCUT2D eigenvalue weighted by molar-refractivity contribution is 7.89. The van der Waals surface area contributed by atoms with Crippen molar-refractivity contribution >= 4 is 15.9 Å². The molecule has 0 saturated carbocycles. The van der Waals surface area contributed by atoms with Crippen molar-refractivity contribution in [2.45, 2.75) is 49.1 Å². The molecule has 1 aromatic carbocycles. The molecule has 1 amide bonds. The van der Waals surface area contributed by atoms with Crippen LogP contribution in [0.25, 0.3) is 0 Å². The minimum atomic E-state index is -3.50. The largest absolute Gasteiger partial charge is 0.355 e. The fourth-order valence-corrected chi connectivity index (χ4v) is 4.80. The number of carbonyl (C=O) groups is 1. The Kier molecular flexibility index (Phi) is 5.53. The van der Waals surface area contributed by atoms with Gasteiger partial charge >= 0.3 is 0 Å². The number of nitrogens with one attached hydrogen (secondary N) is 3. The molecule has 0 aliphatic carbocycles. The van der Waals surface area contributed by atoms with E-state index in [1.54, 1.807) is 30.3 Å². The molecular formula is C17H25N3O3S. The normalized spacial score (nSPS) is 26.2. The Morgan fingerprint density at radius 3 is 2.42 bits per heavy atom. The molecule has 2 aliphatic rings.